The molecule has 5 nitrogen and oxygen atoms in total. The van der Waals surface area contributed by atoms with Gasteiger partial charge in [0.05, 0.1) is 14.8 Å². The number of thiophene rings is 1. The average molecular weight is 388 g/mol. The van der Waals surface area contributed by atoms with E-state index in [1.807, 2.05) is 12.1 Å². The van der Waals surface area contributed by atoms with E-state index in [4.69, 9.17) is 0 Å². The van der Waals surface area contributed by atoms with Gasteiger partial charge < -0.3 is 15.7 Å². The quantitative estimate of drug-likeness (QED) is 0.749. The summed E-state index contributed by atoms with van der Waals surface area (Å²) in [6.45, 7) is 1.78. The van der Waals surface area contributed by atoms with Crippen molar-refractivity contribution in [2.24, 2.45) is 5.92 Å². The molecule has 112 valence electrons. The number of thiazole rings is 1. The van der Waals surface area contributed by atoms with E-state index in [0.717, 1.165) is 20.2 Å². The summed E-state index contributed by atoms with van der Waals surface area (Å²) in [5.74, 6) is -0.118. The van der Waals surface area contributed by atoms with Crippen molar-refractivity contribution in [2.45, 2.75) is 6.10 Å². The van der Waals surface area contributed by atoms with Gasteiger partial charge in [-0.15, -0.1) is 22.7 Å². The van der Waals surface area contributed by atoms with E-state index in [-0.39, 0.29) is 17.9 Å². The van der Waals surface area contributed by atoms with E-state index >= 15 is 0 Å². The van der Waals surface area contributed by atoms with Crippen molar-refractivity contribution < 1.29 is 9.90 Å². The van der Waals surface area contributed by atoms with Crippen LogP contribution in [0.4, 0.5) is 0 Å². The van der Waals surface area contributed by atoms with E-state index in [1.165, 1.54) is 11.3 Å². The van der Waals surface area contributed by atoms with Crippen LogP contribution in [-0.2, 0) is 0 Å². The maximum atomic E-state index is 12.1. The van der Waals surface area contributed by atoms with Crippen LogP contribution in [0.5, 0.6) is 0 Å². The zero-order valence-corrected chi connectivity index (χ0v) is 14.2. The van der Waals surface area contributed by atoms with Gasteiger partial charge in [-0.1, -0.05) is 0 Å². The van der Waals surface area contributed by atoms with Crippen LogP contribution in [0.1, 0.15) is 10.5 Å². The molecule has 0 bridgehead atoms. The molecule has 3 N–H and O–H groups in total. The van der Waals surface area contributed by atoms with E-state index in [1.54, 1.807) is 16.7 Å². The first-order valence-corrected chi connectivity index (χ1v) is 9.00. The van der Waals surface area contributed by atoms with Crippen molar-refractivity contribution in [1.29, 1.82) is 0 Å². The molecule has 2 aromatic heterocycles. The number of carbonyl (C=O) groups is 1. The van der Waals surface area contributed by atoms with Crippen molar-refractivity contribution in [1.82, 2.24) is 15.6 Å². The molecule has 21 heavy (non-hydrogen) atoms. The van der Waals surface area contributed by atoms with Gasteiger partial charge >= 0.3 is 0 Å². The maximum Gasteiger partial charge on any atom is 0.270 e. The second-order valence-electron chi connectivity index (χ2n) is 4.84. The highest BCUT2D eigenvalue weighted by atomic mass is 79.9. The van der Waals surface area contributed by atoms with Gasteiger partial charge in [0.15, 0.2) is 0 Å². The van der Waals surface area contributed by atoms with Gasteiger partial charge in [-0.05, 0) is 28.1 Å². The Morgan fingerprint density at radius 3 is 3.05 bits per heavy atom. The summed E-state index contributed by atoms with van der Waals surface area (Å²) in [6.07, 6.45) is -0.389. The molecule has 3 heterocycles. The SMILES string of the molecule is O=C(NCC1CNCC1O)c1csc(-c2ccc(Br)s2)n1. The second-order valence-corrected chi connectivity index (χ2v) is 8.16. The van der Waals surface area contributed by atoms with Crippen molar-refractivity contribution in [2.75, 3.05) is 19.6 Å². The van der Waals surface area contributed by atoms with Crippen LogP contribution >= 0.6 is 38.6 Å². The molecular formula is C13H14BrN3O2S2. The third kappa shape index (κ3) is 3.51. The van der Waals surface area contributed by atoms with Crippen molar-refractivity contribution in [3.05, 3.63) is 27.0 Å². The highest BCUT2D eigenvalue weighted by molar-refractivity contribution is 9.11. The number of carbonyl (C=O) groups excluding carboxylic acids is 1. The molecule has 0 spiro atoms. The van der Waals surface area contributed by atoms with Crippen molar-refractivity contribution >= 4 is 44.5 Å². The summed E-state index contributed by atoms with van der Waals surface area (Å²) in [5, 5.41) is 18.2. The molecule has 1 amide bonds. The summed E-state index contributed by atoms with van der Waals surface area (Å²) in [5.41, 5.74) is 0.431. The molecule has 1 aliphatic rings. The molecule has 2 unspecified atom stereocenters. The lowest BCUT2D eigenvalue weighted by molar-refractivity contribution is 0.0923. The van der Waals surface area contributed by atoms with Gasteiger partial charge in [-0.25, -0.2) is 4.98 Å². The number of nitrogens with zero attached hydrogens (tertiary/aromatic N) is 1. The molecule has 3 rings (SSSR count). The summed E-state index contributed by atoms with van der Waals surface area (Å²) >= 11 is 6.47. The molecule has 1 saturated heterocycles. The number of aromatic nitrogens is 1. The predicted octanol–water partition coefficient (Wildman–Crippen LogP) is 1.94. The first-order valence-electron chi connectivity index (χ1n) is 6.51. The topological polar surface area (TPSA) is 74.2 Å². The Balaban J connectivity index is 1.61. The number of aliphatic hydroxyl groups excluding tert-OH is 1. The smallest absolute Gasteiger partial charge is 0.270 e. The third-order valence-corrected chi connectivity index (χ3v) is 5.98. The molecule has 1 fully saturated rings. The van der Waals surface area contributed by atoms with Gasteiger partial charge in [-0.2, -0.15) is 0 Å². The zero-order valence-electron chi connectivity index (χ0n) is 11.0. The highest BCUT2D eigenvalue weighted by Gasteiger charge is 2.25. The Morgan fingerprint density at radius 1 is 1.52 bits per heavy atom. The normalized spacial score (nSPS) is 21.6. The molecule has 2 aromatic rings. The van der Waals surface area contributed by atoms with Gasteiger partial charge in [0.1, 0.15) is 10.7 Å². The predicted molar refractivity (Wildman–Crippen MR) is 87.8 cm³/mol. The number of hydrogen-bond acceptors (Lipinski definition) is 6. The lowest BCUT2D eigenvalue weighted by Crippen LogP contribution is -2.34. The molecule has 0 saturated carbocycles. The summed E-state index contributed by atoms with van der Waals surface area (Å²) in [6, 6.07) is 3.95. The number of rotatable bonds is 4. The van der Waals surface area contributed by atoms with Crippen molar-refractivity contribution in [3.8, 4) is 9.88 Å². The Morgan fingerprint density at radius 2 is 2.38 bits per heavy atom. The van der Waals surface area contributed by atoms with Crippen LogP contribution in [0.15, 0.2) is 21.3 Å². The van der Waals surface area contributed by atoms with Crippen LogP contribution in [0, 0.1) is 5.92 Å². The fourth-order valence-corrected chi connectivity index (χ4v) is 4.42. The molecule has 0 aliphatic carbocycles. The van der Waals surface area contributed by atoms with Crippen LogP contribution in [0.3, 0.4) is 0 Å². The number of aliphatic hydroxyl groups is 1. The summed E-state index contributed by atoms with van der Waals surface area (Å²) in [7, 11) is 0. The number of halogens is 1. The van der Waals surface area contributed by atoms with E-state index < -0.39 is 0 Å². The monoisotopic (exact) mass is 387 g/mol. The summed E-state index contributed by atoms with van der Waals surface area (Å²) in [4.78, 5) is 17.5. The number of amides is 1. The Labute approximate surface area is 138 Å². The fraction of sp³-hybridized carbons (Fsp3) is 0.385. The lowest BCUT2D eigenvalue weighted by atomic mass is 10.1. The molecule has 0 radical (unpaired) electrons. The van der Waals surface area contributed by atoms with Gasteiger partial charge in [0.2, 0.25) is 0 Å². The number of nitrogens with one attached hydrogen (secondary N) is 2. The second kappa shape index (κ2) is 6.53. The zero-order chi connectivity index (χ0) is 14.8. The van der Waals surface area contributed by atoms with E-state index in [2.05, 4.69) is 31.5 Å². The Bertz CT molecular complexity index is 643. The third-order valence-electron chi connectivity index (χ3n) is 3.35. The number of hydrogen-bond donors (Lipinski definition) is 3. The van der Waals surface area contributed by atoms with Crippen LogP contribution in [-0.4, -0.2) is 41.7 Å². The first-order chi connectivity index (χ1) is 10.1. The van der Waals surface area contributed by atoms with Gasteiger partial charge in [0.25, 0.3) is 5.91 Å². The first kappa shape index (κ1) is 15.1. The maximum absolute atomic E-state index is 12.1. The van der Waals surface area contributed by atoms with Crippen LogP contribution in [0.2, 0.25) is 0 Å². The molecular weight excluding hydrogens is 374 g/mol. The lowest BCUT2D eigenvalue weighted by Gasteiger charge is -2.13. The minimum atomic E-state index is -0.389. The summed E-state index contributed by atoms with van der Waals surface area (Å²) < 4.78 is 1.04. The van der Waals surface area contributed by atoms with E-state index in [9.17, 15) is 9.90 Å². The largest absolute Gasteiger partial charge is 0.391 e. The standard InChI is InChI=1S/C13H14BrN3O2S2/c14-11-2-1-10(21-11)13-17-8(6-20-13)12(19)16-4-7-3-15-5-9(7)18/h1-2,6-7,9,15,18H,3-5H2,(H,16,19). The molecule has 1 aliphatic heterocycles. The Kier molecular flexibility index (Phi) is 4.70. The van der Waals surface area contributed by atoms with Gasteiger partial charge in [-0.3, -0.25) is 4.79 Å². The molecule has 0 aromatic carbocycles. The molecule has 8 heteroatoms. The average Bonchev–Trinajstić information content (AvgIpc) is 3.16. The van der Waals surface area contributed by atoms with Crippen LogP contribution < -0.4 is 10.6 Å². The Hall–Kier alpha value is -0.800. The fourth-order valence-electron chi connectivity index (χ4n) is 2.16. The van der Waals surface area contributed by atoms with Gasteiger partial charge in [0, 0.05) is 30.9 Å². The van der Waals surface area contributed by atoms with E-state index in [0.29, 0.717) is 18.8 Å². The molecule has 2 atom stereocenters. The van der Waals surface area contributed by atoms with Crippen molar-refractivity contribution in [3.63, 3.8) is 0 Å². The minimum absolute atomic E-state index is 0.0697. The van der Waals surface area contributed by atoms with Crippen LogP contribution in [0.25, 0.3) is 9.88 Å². The number of β-amino-alcohol motifs (C(OH)–C–C–N with tert-alkyl or cyclic N) is 1. The minimum Gasteiger partial charge on any atom is -0.391 e. The highest BCUT2D eigenvalue weighted by Crippen LogP contribution is 2.33.